The van der Waals surface area contributed by atoms with Gasteiger partial charge in [0.15, 0.2) is 11.0 Å². The summed E-state index contributed by atoms with van der Waals surface area (Å²) in [6.45, 7) is 8.17. The first kappa shape index (κ1) is 22.4. The van der Waals surface area contributed by atoms with Gasteiger partial charge in [-0.1, -0.05) is 65.3 Å². The first-order chi connectivity index (χ1) is 14.4. The highest BCUT2D eigenvalue weighted by Gasteiger charge is 2.20. The van der Waals surface area contributed by atoms with Gasteiger partial charge in [-0.05, 0) is 43.2 Å². The molecule has 1 aromatic heterocycles. The third-order valence-corrected chi connectivity index (χ3v) is 6.16. The molecule has 3 rings (SSSR count). The van der Waals surface area contributed by atoms with Crippen molar-refractivity contribution in [3.8, 4) is 0 Å². The molecule has 0 aliphatic carbocycles. The van der Waals surface area contributed by atoms with Crippen LogP contribution < -0.4 is 5.32 Å². The van der Waals surface area contributed by atoms with Crippen molar-refractivity contribution >= 4 is 40.9 Å². The van der Waals surface area contributed by atoms with E-state index >= 15 is 0 Å². The van der Waals surface area contributed by atoms with E-state index in [4.69, 9.17) is 23.2 Å². The molecular formula is C22H22Cl2N4OS. The summed E-state index contributed by atoms with van der Waals surface area (Å²) in [5, 5.41) is 13.6. The highest BCUT2D eigenvalue weighted by atomic mass is 35.5. The van der Waals surface area contributed by atoms with Gasteiger partial charge in [-0.15, -0.1) is 16.8 Å². The lowest BCUT2D eigenvalue weighted by Crippen LogP contribution is -2.29. The number of halogens is 2. The monoisotopic (exact) mass is 460 g/mol. The molecule has 0 bridgehead atoms. The Balaban J connectivity index is 1.76. The third-order valence-electron chi connectivity index (χ3n) is 4.55. The second-order valence-electron chi connectivity index (χ2n) is 6.77. The number of carbonyl (C=O) groups is 1. The lowest BCUT2D eigenvalue weighted by molar-refractivity contribution is 0.0937. The third kappa shape index (κ3) is 5.25. The Morgan fingerprint density at radius 3 is 2.73 bits per heavy atom. The van der Waals surface area contributed by atoms with Crippen LogP contribution in [0.15, 0.2) is 60.3 Å². The zero-order valence-electron chi connectivity index (χ0n) is 16.7. The van der Waals surface area contributed by atoms with E-state index < -0.39 is 0 Å². The maximum atomic E-state index is 12.7. The molecule has 3 aromatic rings. The largest absolute Gasteiger partial charge is 0.342 e. The summed E-state index contributed by atoms with van der Waals surface area (Å²) >= 11 is 13.8. The number of amides is 1. The molecule has 0 unspecified atom stereocenters. The summed E-state index contributed by atoms with van der Waals surface area (Å²) in [6.07, 6.45) is 1.78. The molecule has 30 heavy (non-hydrogen) atoms. The second-order valence-corrected chi connectivity index (χ2v) is 8.56. The van der Waals surface area contributed by atoms with Crippen LogP contribution in [0.4, 0.5) is 0 Å². The summed E-state index contributed by atoms with van der Waals surface area (Å²) < 4.78 is 1.95. The lowest BCUT2D eigenvalue weighted by Gasteiger charge is -2.16. The first-order valence-corrected chi connectivity index (χ1v) is 11.1. The van der Waals surface area contributed by atoms with Gasteiger partial charge in [-0.3, -0.25) is 4.79 Å². The van der Waals surface area contributed by atoms with Gasteiger partial charge >= 0.3 is 0 Å². The van der Waals surface area contributed by atoms with Crippen LogP contribution in [0.2, 0.25) is 10.0 Å². The molecule has 0 saturated carbocycles. The van der Waals surface area contributed by atoms with E-state index in [0.29, 0.717) is 33.7 Å². The number of allylic oxidation sites excluding steroid dienone is 1. The fourth-order valence-electron chi connectivity index (χ4n) is 2.98. The van der Waals surface area contributed by atoms with Gasteiger partial charge in [0.1, 0.15) is 0 Å². The maximum Gasteiger partial charge on any atom is 0.252 e. The summed E-state index contributed by atoms with van der Waals surface area (Å²) in [7, 11) is 0. The zero-order valence-corrected chi connectivity index (χ0v) is 19.1. The normalized spacial score (nSPS) is 11.9. The van der Waals surface area contributed by atoms with Crippen LogP contribution in [0.5, 0.6) is 0 Å². The van der Waals surface area contributed by atoms with Crippen molar-refractivity contribution in [3.63, 3.8) is 0 Å². The van der Waals surface area contributed by atoms with E-state index in [1.165, 1.54) is 11.8 Å². The number of hydrogen-bond acceptors (Lipinski definition) is 4. The van der Waals surface area contributed by atoms with E-state index in [-0.39, 0.29) is 11.9 Å². The number of nitrogens with zero attached hydrogens (tertiary/aromatic N) is 3. The van der Waals surface area contributed by atoms with Crippen molar-refractivity contribution in [3.05, 3.63) is 87.7 Å². The van der Waals surface area contributed by atoms with Gasteiger partial charge < -0.3 is 9.88 Å². The Labute approximate surface area is 190 Å². The maximum absolute atomic E-state index is 12.7. The van der Waals surface area contributed by atoms with Gasteiger partial charge in [0.25, 0.3) is 5.91 Å². The topological polar surface area (TPSA) is 59.8 Å². The Bertz CT molecular complexity index is 1070. The van der Waals surface area contributed by atoms with Crippen molar-refractivity contribution in [2.45, 2.75) is 37.3 Å². The number of rotatable bonds is 8. The van der Waals surface area contributed by atoms with Crippen LogP contribution in [-0.4, -0.2) is 20.7 Å². The molecule has 0 radical (unpaired) electrons. The number of thioether (sulfide) groups is 1. The quantitative estimate of drug-likeness (QED) is 0.337. The predicted octanol–water partition coefficient (Wildman–Crippen LogP) is 5.86. The predicted molar refractivity (Wildman–Crippen MR) is 123 cm³/mol. The van der Waals surface area contributed by atoms with Crippen LogP contribution >= 0.6 is 35.0 Å². The van der Waals surface area contributed by atoms with Gasteiger partial charge in [0, 0.05) is 27.9 Å². The van der Waals surface area contributed by atoms with Gasteiger partial charge in [0.2, 0.25) is 0 Å². The number of benzene rings is 2. The molecule has 0 fully saturated rings. The average Bonchev–Trinajstić information content (AvgIpc) is 3.10. The Kier molecular flexibility index (Phi) is 7.58. The zero-order chi connectivity index (χ0) is 21.7. The van der Waals surface area contributed by atoms with Gasteiger partial charge in [0.05, 0.1) is 6.04 Å². The summed E-state index contributed by atoms with van der Waals surface area (Å²) in [5.41, 5.74) is 2.53. The van der Waals surface area contributed by atoms with E-state index in [9.17, 15) is 4.79 Å². The van der Waals surface area contributed by atoms with Gasteiger partial charge in [-0.2, -0.15) is 0 Å². The second kappa shape index (κ2) is 10.2. The number of aryl methyl sites for hydroxylation is 1. The summed E-state index contributed by atoms with van der Waals surface area (Å²) in [4.78, 5) is 12.7. The molecule has 0 aliphatic heterocycles. The first-order valence-electron chi connectivity index (χ1n) is 9.38. The highest BCUT2D eigenvalue weighted by molar-refractivity contribution is 7.98. The van der Waals surface area contributed by atoms with E-state index in [2.05, 4.69) is 22.1 Å². The average molecular weight is 461 g/mol. The minimum atomic E-state index is -0.321. The Morgan fingerprint density at radius 1 is 1.27 bits per heavy atom. The molecular weight excluding hydrogens is 439 g/mol. The molecule has 8 heteroatoms. The van der Waals surface area contributed by atoms with Crippen molar-refractivity contribution in [2.75, 3.05) is 0 Å². The Hall–Kier alpha value is -2.28. The molecule has 1 heterocycles. The minimum Gasteiger partial charge on any atom is -0.342 e. The van der Waals surface area contributed by atoms with Crippen molar-refractivity contribution in [1.29, 1.82) is 0 Å². The van der Waals surface area contributed by atoms with Crippen molar-refractivity contribution in [1.82, 2.24) is 20.1 Å². The number of nitrogens with one attached hydrogen (secondary N) is 1. The van der Waals surface area contributed by atoms with Crippen LogP contribution in [-0.2, 0) is 12.3 Å². The number of hydrogen-bond donors (Lipinski definition) is 1. The van der Waals surface area contributed by atoms with Crippen LogP contribution in [0, 0.1) is 6.92 Å². The SMILES string of the molecule is C=CCn1c(SCc2ccc(Cl)cc2Cl)nnc1[C@@H](C)NC(=O)c1ccccc1C. The molecule has 0 aliphatic rings. The molecule has 1 atom stereocenters. The van der Waals surface area contributed by atoms with E-state index in [0.717, 1.165) is 16.3 Å². The molecule has 0 saturated heterocycles. The van der Waals surface area contributed by atoms with Crippen LogP contribution in [0.1, 0.15) is 40.3 Å². The molecule has 156 valence electrons. The minimum absolute atomic E-state index is 0.143. The molecule has 0 spiro atoms. The molecule has 1 amide bonds. The summed E-state index contributed by atoms with van der Waals surface area (Å²) in [5.74, 6) is 1.15. The standard InChI is InChI=1S/C22H22Cl2N4OS/c1-4-11-28-20(15(3)25-21(29)18-8-6-5-7-14(18)2)26-27-22(28)30-13-16-9-10-17(23)12-19(16)24/h4-10,12,15H,1,11,13H2,2-3H3,(H,25,29)/t15-/m1/s1. The van der Waals surface area contributed by atoms with Crippen molar-refractivity contribution in [2.24, 2.45) is 0 Å². The van der Waals surface area contributed by atoms with Crippen LogP contribution in [0.3, 0.4) is 0 Å². The van der Waals surface area contributed by atoms with Crippen LogP contribution in [0.25, 0.3) is 0 Å². The number of aromatic nitrogens is 3. The number of carbonyl (C=O) groups excluding carboxylic acids is 1. The smallest absolute Gasteiger partial charge is 0.252 e. The molecule has 2 aromatic carbocycles. The lowest BCUT2D eigenvalue weighted by atomic mass is 10.1. The van der Waals surface area contributed by atoms with Gasteiger partial charge in [-0.25, -0.2) is 0 Å². The fourth-order valence-corrected chi connectivity index (χ4v) is 4.49. The highest BCUT2D eigenvalue weighted by Crippen LogP contribution is 2.29. The molecule has 1 N–H and O–H groups in total. The Morgan fingerprint density at radius 2 is 2.03 bits per heavy atom. The van der Waals surface area contributed by atoms with Crippen molar-refractivity contribution < 1.29 is 4.79 Å². The summed E-state index contributed by atoms with van der Waals surface area (Å²) in [6, 6.07) is 12.6. The fraction of sp³-hybridized carbons (Fsp3) is 0.227. The van der Waals surface area contributed by atoms with E-state index in [1.807, 2.05) is 54.8 Å². The van der Waals surface area contributed by atoms with E-state index in [1.54, 1.807) is 12.1 Å². The molecule has 5 nitrogen and oxygen atoms in total.